The maximum atomic E-state index is 12.9. The van der Waals surface area contributed by atoms with Crippen LogP contribution in [0.3, 0.4) is 0 Å². The molecule has 1 aliphatic rings. The first-order chi connectivity index (χ1) is 14.7. The number of benzene rings is 2. The van der Waals surface area contributed by atoms with Gasteiger partial charge >= 0.3 is 0 Å². The lowest BCUT2D eigenvalue weighted by Gasteiger charge is -2.29. The number of anilines is 2. The van der Waals surface area contributed by atoms with E-state index in [0.29, 0.717) is 23.6 Å². The third kappa shape index (κ3) is 3.37. The lowest BCUT2D eigenvalue weighted by molar-refractivity contribution is -0.120. The number of carbonyl (C=O) groups excluding carboxylic acids is 1. The van der Waals surface area contributed by atoms with E-state index in [1.807, 2.05) is 76.3 Å². The second-order valence-corrected chi connectivity index (χ2v) is 7.42. The van der Waals surface area contributed by atoms with Crippen molar-refractivity contribution in [2.45, 2.75) is 12.8 Å². The normalized spacial score (nSPS) is 13.3. The van der Waals surface area contributed by atoms with Crippen LogP contribution in [0.2, 0.25) is 0 Å². The minimum atomic E-state index is -0.0468. The number of ether oxygens (including phenoxy) is 1. The van der Waals surface area contributed by atoms with Gasteiger partial charge in [0.1, 0.15) is 0 Å². The number of hydrogen-bond acceptors (Lipinski definition) is 4. The summed E-state index contributed by atoms with van der Waals surface area (Å²) in [6.45, 7) is 0.687. The zero-order chi connectivity index (χ0) is 20.5. The molecule has 150 valence electrons. The van der Waals surface area contributed by atoms with E-state index in [1.54, 1.807) is 0 Å². The predicted molar refractivity (Wildman–Crippen MR) is 118 cm³/mol. The summed E-state index contributed by atoms with van der Waals surface area (Å²) in [6.07, 6.45) is 5.82. The number of aromatic nitrogens is 2. The number of nitrogen functional groups attached to an aromatic ring is 1. The van der Waals surface area contributed by atoms with Gasteiger partial charge in [-0.2, -0.15) is 0 Å². The van der Waals surface area contributed by atoms with Crippen LogP contribution in [0.25, 0.3) is 16.9 Å². The highest BCUT2D eigenvalue weighted by molar-refractivity contribution is 5.95. The zero-order valence-corrected chi connectivity index (χ0v) is 16.5. The number of rotatable bonds is 4. The summed E-state index contributed by atoms with van der Waals surface area (Å²) in [6, 6.07) is 19.4. The largest absolute Gasteiger partial charge is 0.480 e. The highest BCUT2D eigenvalue weighted by Gasteiger charge is 2.22. The number of fused-ring (bicyclic) bond motifs is 2. The quantitative estimate of drug-likeness (QED) is 0.529. The topological polar surface area (TPSA) is 72.9 Å². The molecule has 5 rings (SSSR count). The maximum Gasteiger partial charge on any atom is 0.264 e. The predicted octanol–water partition coefficient (Wildman–Crippen LogP) is 3.94. The van der Waals surface area contributed by atoms with E-state index >= 15 is 0 Å². The van der Waals surface area contributed by atoms with Crippen molar-refractivity contribution in [1.29, 1.82) is 0 Å². The van der Waals surface area contributed by atoms with Crippen molar-refractivity contribution in [2.24, 2.45) is 0 Å². The average molecular weight is 398 g/mol. The Morgan fingerprint density at radius 2 is 1.90 bits per heavy atom. The summed E-state index contributed by atoms with van der Waals surface area (Å²) in [7, 11) is 0. The number of amides is 1. The van der Waals surface area contributed by atoms with Crippen molar-refractivity contribution >= 4 is 22.9 Å². The number of imidazole rings is 1. The first kappa shape index (κ1) is 18.2. The highest BCUT2D eigenvalue weighted by atomic mass is 16.5. The molecule has 6 heteroatoms. The Morgan fingerprint density at radius 1 is 1.07 bits per heavy atom. The van der Waals surface area contributed by atoms with Gasteiger partial charge in [-0.15, -0.1) is 0 Å². The fraction of sp³-hybridized carbons (Fsp3) is 0.167. The molecule has 1 aliphatic heterocycles. The first-order valence-corrected chi connectivity index (χ1v) is 10.0. The highest BCUT2D eigenvalue weighted by Crippen LogP contribution is 2.28. The molecule has 0 unspecified atom stereocenters. The monoisotopic (exact) mass is 398 g/mol. The lowest BCUT2D eigenvalue weighted by atomic mass is 10.0. The van der Waals surface area contributed by atoms with Gasteiger partial charge in [0, 0.05) is 35.9 Å². The van der Waals surface area contributed by atoms with Crippen molar-refractivity contribution < 1.29 is 9.53 Å². The van der Waals surface area contributed by atoms with Crippen LogP contribution in [0, 0.1) is 0 Å². The van der Waals surface area contributed by atoms with E-state index in [9.17, 15) is 4.79 Å². The van der Waals surface area contributed by atoms with Gasteiger partial charge in [0.2, 0.25) is 0 Å². The molecule has 0 bridgehead atoms. The molecular weight excluding hydrogens is 376 g/mol. The summed E-state index contributed by atoms with van der Waals surface area (Å²) in [5.74, 6) is 0.535. The Labute approximate surface area is 174 Å². The summed E-state index contributed by atoms with van der Waals surface area (Å²) in [5, 5.41) is 0. The fourth-order valence-electron chi connectivity index (χ4n) is 3.90. The van der Waals surface area contributed by atoms with Gasteiger partial charge in [-0.25, -0.2) is 4.98 Å². The third-order valence-corrected chi connectivity index (χ3v) is 5.42. The molecule has 4 aromatic rings. The number of carbonyl (C=O) groups is 1. The molecule has 0 radical (unpaired) electrons. The van der Waals surface area contributed by atoms with Crippen LogP contribution >= 0.6 is 0 Å². The van der Waals surface area contributed by atoms with Crippen molar-refractivity contribution in [1.82, 2.24) is 9.38 Å². The second-order valence-electron chi connectivity index (χ2n) is 7.42. The standard InChI is InChI=1S/C24H22N4O2/c25-19-11-9-17(10-12-19)20-15-27-13-4-8-22(24(27)26-20)30-16-23(29)28-14-3-6-18-5-1-2-7-21(18)28/h1-2,4-5,7-13,15H,3,6,14,16,25H2. The van der Waals surface area contributed by atoms with Gasteiger partial charge in [-0.3, -0.25) is 4.79 Å². The van der Waals surface area contributed by atoms with Crippen LogP contribution in [0.15, 0.2) is 73.1 Å². The Morgan fingerprint density at radius 3 is 2.77 bits per heavy atom. The zero-order valence-electron chi connectivity index (χ0n) is 16.5. The van der Waals surface area contributed by atoms with E-state index in [1.165, 1.54) is 5.56 Å². The van der Waals surface area contributed by atoms with Crippen LogP contribution in [0.4, 0.5) is 11.4 Å². The number of pyridine rings is 1. The Hall–Kier alpha value is -3.80. The Kier molecular flexibility index (Phi) is 4.59. The molecule has 3 heterocycles. The second kappa shape index (κ2) is 7.55. The average Bonchev–Trinajstić information content (AvgIpc) is 3.22. The van der Waals surface area contributed by atoms with Gasteiger partial charge in [0.25, 0.3) is 5.91 Å². The third-order valence-electron chi connectivity index (χ3n) is 5.42. The van der Waals surface area contributed by atoms with E-state index < -0.39 is 0 Å². The van der Waals surface area contributed by atoms with Crippen molar-refractivity contribution in [2.75, 3.05) is 23.8 Å². The molecule has 2 aromatic heterocycles. The number of nitrogens with zero attached hydrogens (tertiary/aromatic N) is 3. The van der Waals surface area contributed by atoms with E-state index in [0.717, 1.165) is 29.8 Å². The fourth-order valence-corrected chi connectivity index (χ4v) is 3.90. The van der Waals surface area contributed by atoms with Crippen LogP contribution in [-0.2, 0) is 11.2 Å². The molecule has 0 fully saturated rings. The molecule has 2 aromatic carbocycles. The first-order valence-electron chi connectivity index (χ1n) is 10.0. The van der Waals surface area contributed by atoms with Crippen molar-refractivity contribution in [3.05, 3.63) is 78.6 Å². The summed E-state index contributed by atoms with van der Waals surface area (Å²) >= 11 is 0. The molecule has 0 spiro atoms. The number of para-hydroxylation sites is 1. The Balaban J connectivity index is 1.37. The smallest absolute Gasteiger partial charge is 0.264 e. The summed E-state index contributed by atoms with van der Waals surface area (Å²) < 4.78 is 7.83. The number of hydrogen-bond donors (Lipinski definition) is 1. The van der Waals surface area contributed by atoms with E-state index in [-0.39, 0.29) is 12.5 Å². The molecule has 1 amide bonds. The molecule has 0 aliphatic carbocycles. The molecule has 30 heavy (non-hydrogen) atoms. The summed E-state index contributed by atoms with van der Waals surface area (Å²) in [5.41, 5.74) is 11.2. The number of aryl methyl sites for hydroxylation is 1. The van der Waals surface area contributed by atoms with E-state index in [4.69, 9.17) is 15.5 Å². The van der Waals surface area contributed by atoms with Crippen LogP contribution in [-0.4, -0.2) is 28.4 Å². The van der Waals surface area contributed by atoms with Crippen LogP contribution < -0.4 is 15.4 Å². The molecular formula is C24H22N4O2. The SMILES string of the molecule is Nc1ccc(-c2cn3cccc(OCC(=O)N4CCCc5ccccc54)c3n2)cc1. The minimum absolute atomic E-state index is 0.0297. The number of nitrogens with two attached hydrogens (primary N) is 1. The lowest BCUT2D eigenvalue weighted by Crippen LogP contribution is -2.38. The maximum absolute atomic E-state index is 12.9. The van der Waals surface area contributed by atoms with Gasteiger partial charge in [0.05, 0.1) is 5.69 Å². The van der Waals surface area contributed by atoms with Crippen LogP contribution in [0.5, 0.6) is 5.75 Å². The van der Waals surface area contributed by atoms with Crippen LogP contribution in [0.1, 0.15) is 12.0 Å². The van der Waals surface area contributed by atoms with Crippen molar-refractivity contribution in [3.8, 4) is 17.0 Å². The minimum Gasteiger partial charge on any atom is -0.480 e. The Bertz CT molecular complexity index is 1210. The van der Waals surface area contributed by atoms with Gasteiger partial charge in [-0.1, -0.05) is 30.3 Å². The van der Waals surface area contributed by atoms with Gasteiger partial charge < -0.3 is 19.8 Å². The molecule has 0 saturated heterocycles. The molecule has 2 N–H and O–H groups in total. The molecule has 0 atom stereocenters. The van der Waals surface area contributed by atoms with Gasteiger partial charge in [-0.05, 0) is 48.7 Å². The van der Waals surface area contributed by atoms with Crippen molar-refractivity contribution in [3.63, 3.8) is 0 Å². The van der Waals surface area contributed by atoms with Gasteiger partial charge in [0.15, 0.2) is 18.0 Å². The van der Waals surface area contributed by atoms with E-state index in [2.05, 4.69) is 6.07 Å². The summed E-state index contributed by atoms with van der Waals surface area (Å²) in [4.78, 5) is 19.4. The molecule has 0 saturated carbocycles. The molecule has 6 nitrogen and oxygen atoms in total.